The fourth-order valence-corrected chi connectivity index (χ4v) is 2.56. The molecule has 1 aromatic heterocycles. The van der Waals surface area contributed by atoms with Crippen LogP contribution in [0.15, 0.2) is 54.9 Å². The van der Waals surface area contributed by atoms with Gasteiger partial charge in [0.15, 0.2) is 0 Å². The minimum Gasteiger partial charge on any atom is -0.375 e. The summed E-state index contributed by atoms with van der Waals surface area (Å²) in [6, 6.07) is 14.7. The van der Waals surface area contributed by atoms with E-state index in [1.165, 1.54) is 11.1 Å². The lowest BCUT2D eigenvalue weighted by atomic mass is 9.96. The van der Waals surface area contributed by atoms with Crippen LogP contribution in [0.4, 0.5) is 0 Å². The van der Waals surface area contributed by atoms with Gasteiger partial charge in [-0.1, -0.05) is 43.3 Å². The molecule has 1 heterocycles. The van der Waals surface area contributed by atoms with E-state index in [4.69, 9.17) is 4.74 Å². The van der Waals surface area contributed by atoms with E-state index in [1.54, 1.807) is 7.11 Å². The highest BCUT2D eigenvalue weighted by Gasteiger charge is 2.22. The van der Waals surface area contributed by atoms with Crippen LogP contribution >= 0.6 is 0 Å². The molecule has 21 heavy (non-hydrogen) atoms. The van der Waals surface area contributed by atoms with E-state index in [1.807, 2.05) is 24.5 Å². The second-order valence-electron chi connectivity index (χ2n) is 5.19. The van der Waals surface area contributed by atoms with Crippen LogP contribution in [0.2, 0.25) is 0 Å². The summed E-state index contributed by atoms with van der Waals surface area (Å²) < 4.78 is 5.78. The predicted molar refractivity (Wildman–Crippen MR) is 86.2 cm³/mol. The first-order valence-corrected chi connectivity index (χ1v) is 7.55. The number of nitrogens with zero attached hydrogens (tertiary/aromatic N) is 1. The normalized spacial score (nSPS) is 13.8. The first kappa shape index (κ1) is 15.7. The van der Waals surface area contributed by atoms with Crippen molar-refractivity contribution in [2.75, 3.05) is 13.7 Å². The maximum atomic E-state index is 5.78. The third-order valence-corrected chi connectivity index (χ3v) is 3.58. The topological polar surface area (TPSA) is 34.2 Å². The molecule has 0 amide bonds. The Morgan fingerprint density at radius 1 is 1.14 bits per heavy atom. The number of rotatable bonds is 8. The Morgan fingerprint density at radius 2 is 1.95 bits per heavy atom. The van der Waals surface area contributed by atoms with Crippen molar-refractivity contribution >= 4 is 0 Å². The van der Waals surface area contributed by atoms with Crippen LogP contribution < -0.4 is 5.32 Å². The average Bonchev–Trinajstić information content (AvgIpc) is 2.55. The molecule has 0 radical (unpaired) electrons. The summed E-state index contributed by atoms with van der Waals surface area (Å²) in [5.41, 5.74) is 2.43. The molecule has 0 aliphatic carbocycles. The molecule has 0 aliphatic heterocycles. The third kappa shape index (κ3) is 4.66. The second-order valence-corrected chi connectivity index (χ2v) is 5.19. The summed E-state index contributed by atoms with van der Waals surface area (Å²) in [7, 11) is 1.78. The van der Waals surface area contributed by atoms with E-state index in [0.717, 1.165) is 19.4 Å². The van der Waals surface area contributed by atoms with E-state index in [0.29, 0.717) is 0 Å². The van der Waals surface area contributed by atoms with Gasteiger partial charge in [-0.15, -0.1) is 0 Å². The Balaban J connectivity index is 2.17. The Labute approximate surface area is 127 Å². The number of hydrogen-bond donors (Lipinski definition) is 1. The van der Waals surface area contributed by atoms with Gasteiger partial charge in [0.2, 0.25) is 0 Å². The van der Waals surface area contributed by atoms with Crippen LogP contribution in [0.5, 0.6) is 0 Å². The standard InChI is InChI=1S/C18H24N2O/c1-3-11-20-17(13-15-8-7-12-19-14-15)18(21-2)16-9-5-4-6-10-16/h4-10,12,14,17-18,20H,3,11,13H2,1-2H3. The first-order chi connectivity index (χ1) is 10.3. The number of benzene rings is 1. The lowest BCUT2D eigenvalue weighted by molar-refractivity contribution is 0.0678. The molecular weight excluding hydrogens is 260 g/mol. The molecule has 2 rings (SSSR count). The number of hydrogen-bond acceptors (Lipinski definition) is 3. The Bertz CT molecular complexity index is 501. The molecule has 3 heteroatoms. The lowest BCUT2D eigenvalue weighted by Crippen LogP contribution is -2.38. The number of methoxy groups -OCH3 is 1. The SMILES string of the molecule is CCCNC(Cc1cccnc1)C(OC)c1ccccc1. The number of ether oxygens (including phenoxy) is 1. The van der Waals surface area contributed by atoms with Crippen LogP contribution in [0, 0.1) is 0 Å². The Morgan fingerprint density at radius 3 is 2.57 bits per heavy atom. The molecule has 112 valence electrons. The largest absolute Gasteiger partial charge is 0.375 e. The van der Waals surface area contributed by atoms with Gasteiger partial charge in [0, 0.05) is 25.5 Å². The molecule has 0 spiro atoms. The minimum absolute atomic E-state index is 0.0398. The molecule has 1 N–H and O–H groups in total. The van der Waals surface area contributed by atoms with Crippen molar-refractivity contribution in [1.29, 1.82) is 0 Å². The first-order valence-electron chi connectivity index (χ1n) is 7.55. The second kappa shape index (κ2) is 8.55. The molecule has 2 atom stereocenters. The molecule has 0 saturated heterocycles. The van der Waals surface area contributed by atoms with Gasteiger partial charge >= 0.3 is 0 Å². The van der Waals surface area contributed by atoms with Crippen molar-refractivity contribution in [3.8, 4) is 0 Å². The van der Waals surface area contributed by atoms with E-state index in [2.05, 4.69) is 47.6 Å². The molecule has 3 nitrogen and oxygen atoms in total. The average molecular weight is 284 g/mol. The van der Waals surface area contributed by atoms with Gasteiger partial charge in [0.05, 0.1) is 6.10 Å². The number of aromatic nitrogens is 1. The zero-order chi connectivity index (χ0) is 14.9. The Kier molecular flexibility index (Phi) is 6.38. The molecule has 0 bridgehead atoms. The summed E-state index contributed by atoms with van der Waals surface area (Å²) in [5, 5.41) is 3.61. The number of nitrogens with one attached hydrogen (secondary N) is 1. The molecule has 2 aromatic rings. The fourth-order valence-electron chi connectivity index (χ4n) is 2.56. The Hall–Kier alpha value is -1.71. The van der Waals surface area contributed by atoms with Crippen molar-refractivity contribution in [2.45, 2.75) is 31.9 Å². The van der Waals surface area contributed by atoms with Crippen LogP contribution in [-0.4, -0.2) is 24.7 Å². The van der Waals surface area contributed by atoms with Crippen LogP contribution in [-0.2, 0) is 11.2 Å². The predicted octanol–water partition coefficient (Wildman–Crippen LogP) is 3.38. The summed E-state index contributed by atoms with van der Waals surface area (Å²) >= 11 is 0. The summed E-state index contributed by atoms with van der Waals surface area (Å²) in [5.74, 6) is 0. The van der Waals surface area contributed by atoms with Gasteiger partial charge in [0.25, 0.3) is 0 Å². The lowest BCUT2D eigenvalue weighted by Gasteiger charge is -2.27. The molecule has 0 aliphatic rings. The van der Waals surface area contributed by atoms with Gasteiger partial charge in [-0.2, -0.15) is 0 Å². The van der Waals surface area contributed by atoms with Crippen LogP contribution in [0.1, 0.15) is 30.6 Å². The summed E-state index contributed by atoms with van der Waals surface area (Å²) in [4.78, 5) is 4.21. The highest BCUT2D eigenvalue weighted by Crippen LogP contribution is 2.23. The van der Waals surface area contributed by atoms with Crippen molar-refractivity contribution in [3.05, 3.63) is 66.0 Å². The van der Waals surface area contributed by atoms with Crippen molar-refractivity contribution < 1.29 is 4.74 Å². The monoisotopic (exact) mass is 284 g/mol. The van der Waals surface area contributed by atoms with E-state index in [9.17, 15) is 0 Å². The van der Waals surface area contributed by atoms with E-state index < -0.39 is 0 Å². The van der Waals surface area contributed by atoms with Gasteiger partial charge in [0.1, 0.15) is 0 Å². The highest BCUT2D eigenvalue weighted by molar-refractivity contribution is 5.21. The van der Waals surface area contributed by atoms with E-state index in [-0.39, 0.29) is 12.1 Å². The van der Waals surface area contributed by atoms with Crippen LogP contribution in [0.3, 0.4) is 0 Å². The van der Waals surface area contributed by atoms with Crippen molar-refractivity contribution in [1.82, 2.24) is 10.3 Å². The maximum absolute atomic E-state index is 5.78. The van der Waals surface area contributed by atoms with Crippen LogP contribution in [0.25, 0.3) is 0 Å². The quantitative estimate of drug-likeness (QED) is 0.807. The van der Waals surface area contributed by atoms with Gasteiger partial charge in [-0.25, -0.2) is 0 Å². The molecule has 2 unspecified atom stereocenters. The smallest absolute Gasteiger partial charge is 0.0977 e. The highest BCUT2D eigenvalue weighted by atomic mass is 16.5. The zero-order valence-corrected chi connectivity index (χ0v) is 12.8. The summed E-state index contributed by atoms with van der Waals surface area (Å²) in [6.45, 7) is 3.16. The van der Waals surface area contributed by atoms with Gasteiger partial charge in [-0.3, -0.25) is 4.98 Å². The maximum Gasteiger partial charge on any atom is 0.0977 e. The number of pyridine rings is 1. The minimum atomic E-state index is 0.0398. The van der Waals surface area contributed by atoms with Gasteiger partial charge in [-0.05, 0) is 36.6 Å². The van der Waals surface area contributed by atoms with Crippen molar-refractivity contribution in [3.63, 3.8) is 0 Å². The molecular formula is C18H24N2O. The molecule has 1 aromatic carbocycles. The molecule has 0 saturated carbocycles. The fraction of sp³-hybridized carbons (Fsp3) is 0.389. The zero-order valence-electron chi connectivity index (χ0n) is 12.8. The summed E-state index contributed by atoms with van der Waals surface area (Å²) in [6.07, 6.45) is 5.79. The molecule has 0 fully saturated rings. The van der Waals surface area contributed by atoms with E-state index >= 15 is 0 Å². The third-order valence-electron chi connectivity index (χ3n) is 3.58. The van der Waals surface area contributed by atoms with Crippen molar-refractivity contribution in [2.24, 2.45) is 0 Å². The van der Waals surface area contributed by atoms with Gasteiger partial charge < -0.3 is 10.1 Å².